The monoisotopic (exact) mass is 818 g/mol. The fourth-order valence-corrected chi connectivity index (χ4v) is 7.10. The molecule has 0 bridgehead atoms. The van der Waals surface area contributed by atoms with Gasteiger partial charge in [0, 0.05) is 99.3 Å². The summed E-state index contributed by atoms with van der Waals surface area (Å²) in [5, 5.41) is 18.7. The predicted octanol–water partition coefficient (Wildman–Crippen LogP) is 9.11. The number of hydrogen-bond acceptors (Lipinski definition) is 8. The summed E-state index contributed by atoms with van der Waals surface area (Å²) >= 11 is 5.86. The van der Waals surface area contributed by atoms with E-state index in [0.29, 0.717) is 63.7 Å². The number of halogens is 9. The SMILES string of the molecule is FC1(F)CCNCC1.Fc1cc2nc(-c3cnnc(Cl)c3)n(C3CC3)c2cc1F.Fc1cc2nc(-c3cnnc(N4CCC(F)(F)CC4)c3)n(C3CC3)c2cc1F. The number of hydrogen-bond donors (Lipinski definition) is 1. The molecule has 300 valence electrons. The van der Waals surface area contributed by atoms with Gasteiger partial charge >= 0.3 is 0 Å². The van der Waals surface area contributed by atoms with Crippen LogP contribution in [0.1, 0.15) is 63.5 Å². The van der Waals surface area contributed by atoms with Gasteiger partial charge in [-0.2, -0.15) is 10.2 Å². The number of imidazole rings is 2. The summed E-state index contributed by atoms with van der Waals surface area (Å²) in [6.45, 7) is 1.32. The van der Waals surface area contributed by atoms with Crippen LogP contribution in [0.3, 0.4) is 0 Å². The van der Waals surface area contributed by atoms with E-state index in [4.69, 9.17) is 11.6 Å². The lowest BCUT2D eigenvalue weighted by Crippen LogP contribution is -2.39. The lowest BCUT2D eigenvalue weighted by Gasteiger charge is -2.32. The number of benzene rings is 2. The van der Waals surface area contributed by atoms with Crippen LogP contribution in [-0.2, 0) is 0 Å². The fraction of sp³-hybridized carbons (Fsp3) is 0.421. The molecule has 4 aliphatic rings. The van der Waals surface area contributed by atoms with E-state index < -0.39 is 35.1 Å². The first-order chi connectivity index (χ1) is 27.2. The normalized spacial score (nSPS) is 18.9. The van der Waals surface area contributed by atoms with Crippen LogP contribution in [0.4, 0.5) is 40.9 Å². The summed E-state index contributed by atoms with van der Waals surface area (Å²) in [4.78, 5) is 10.7. The fourth-order valence-electron chi connectivity index (χ4n) is 6.94. The van der Waals surface area contributed by atoms with Gasteiger partial charge in [0.05, 0.1) is 34.5 Å². The van der Waals surface area contributed by atoms with Crippen molar-refractivity contribution >= 4 is 39.5 Å². The summed E-state index contributed by atoms with van der Waals surface area (Å²) in [5.74, 6) is -7.00. The molecule has 0 spiro atoms. The Morgan fingerprint density at radius 3 is 1.51 bits per heavy atom. The van der Waals surface area contributed by atoms with Gasteiger partial charge in [-0.15, -0.1) is 10.2 Å². The van der Waals surface area contributed by atoms with Crippen molar-refractivity contribution in [2.75, 3.05) is 31.1 Å². The van der Waals surface area contributed by atoms with Gasteiger partial charge in [-0.25, -0.2) is 45.1 Å². The van der Waals surface area contributed by atoms with Crippen molar-refractivity contribution in [2.45, 2.75) is 75.3 Å². The molecule has 0 unspecified atom stereocenters. The number of rotatable bonds is 5. The molecule has 2 aromatic carbocycles. The van der Waals surface area contributed by atoms with Gasteiger partial charge in [-0.3, -0.25) is 0 Å². The number of fused-ring (bicyclic) bond motifs is 2. The number of piperidine rings is 2. The Morgan fingerprint density at radius 2 is 1.05 bits per heavy atom. The van der Waals surface area contributed by atoms with Crippen LogP contribution in [0.5, 0.6) is 0 Å². The molecule has 19 heteroatoms. The third kappa shape index (κ3) is 8.66. The standard InChI is InChI=1S/C19H17F4N5.C14H9ClF2N4.C5H9F2N/c20-13-8-15-16(9-14(13)21)28(12-1-2-12)18(25-15)11-7-17(26-24-10-11)27-5-3-19(22,23)4-6-27;15-13-3-7(6-18-20-13)14-19-11-4-9(16)10(17)5-12(11)21(14)8-1-2-8;6-5(7)1-3-8-4-2-5/h7-10,12H,1-6H2;3-6,8H,1-2H2;8H,1-4H2. The van der Waals surface area contributed by atoms with E-state index in [1.807, 2.05) is 9.13 Å². The zero-order valence-electron chi connectivity index (χ0n) is 30.2. The Labute approximate surface area is 325 Å². The first kappa shape index (κ1) is 38.9. The average molecular weight is 819 g/mol. The molecule has 6 aromatic rings. The van der Waals surface area contributed by atoms with Crippen molar-refractivity contribution in [3.63, 3.8) is 0 Å². The van der Waals surface area contributed by atoms with Crippen molar-refractivity contribution < 1.29 is 35.1 Å². The van der Waals surface area contributed by atoms with E-state index >= 15 is 0 Å². The molecule has 57 heavy (non-hydrogen) atoms. The molecule has 10 rings (SSSR count). The van der Waals surface area contributed by atoms with Crippen molar-refractivity contribution in [3.05, 3.63) is 77.2 Å². The zero-order valence-corrected chi connectivity index (χ0v) is 30.9. The second-order valence-corrected chi connectivity index (χ2v) is 15.0. The number of anilines is 1. The minimum Gasteiger partial charge on any atom is -0.355 e. The van der Waals surface area contributed by atoms with Crippen molar-refractivity contribution in [1.29, 1.82) is 0 Å². The predicted molar refractivity (Wildman–Crippen MR) is 196 cm³/mol. The van der Waals surface area contributed by atoms with Gasteiger partial charge < -0.3 is 19.4 Å². The number of aromatic nitrogens is 8. The van der Waals surface area contributed by atoms with Gasteiger partial charge in [0.2, 0.25) is 0 Å². The second kappa shape index (κ2) is 15.4. The highest BCUT2D eigenvalue weighted by atomic mass is 35.5. The summed E-state index contributed by atoms with van der Waals surface area (Å²) in [7, 11) is 0. The summed E-state index contributed by atoms with van der Waals surface area (Å²) < 4.78 is 109. The quantitative estimate of drug-likeness (QED) is 0.172. The van der Waals surface area contributed by atoms with Crippen molar-refractivity contribution in [1.82, 2.24) is 44.8 Å². The Bertz CT molecular complexity index is 2410. The van der Waals surface area contributed by atoms with E-state index in [1.165, 1.54) is 18.3 Å². The Kier molecular flexibility index (Phi) is 10.5. The average Bonchev–Trinajstić information content (AvgIpc) is 4.12. The van der Waals surface area contributed by atoms with E-state index in [2.05, 4.69) is 35.7 Å². The number of nitrogens with one attached hydrogen (secondary N) is 1. The molecule has 1 N–H and O–H groups in total. The topological polar surface area (TPSA) is 102 Å². The molecule has 6 heterocycles. The summed E-state index contributed by atoms with van der Waals surface area (Å²) in [5.41, 5.74) is 3.23. The lowest BCUT2D eigenvalue weighted by molar-refractivity contribution is -0.0274. The smallest absolute Gasteiger partial charge is 0.251 e. The lowest BCUT2D eigenvalue weighted by atomic mass is 10.1. The molecular weight excluding hydrogens is 784 g/mol. The van der Waals surface area contributed by atoms with Gasteiger partial charge in [0.15, 0.2) is 34.2 Å². The van der Waals surface area contributed by atoms with Gasteiger partial charge in [0.1, 0.15) is 11.6 Å². The van der Waals surface area contributed by atoms with Crippen molar-refractivity contribution in [2.24, 2.45) is 0 Å². The maximum Gasteiger partial charge on any atom is 0.251 e. The maximum absolute atomic E-state index is 13.8. The van der Waals surface area contributed by atoms with Crippen LogP contribution in [0.25, 0.3) is 44.8 Å². The second-order valence-electron chi connectivity index (χ2n) is 14.6. The molecule has 2 aliphatic carbocycles. The molecule has 0 radical (unpaired) electrons. The van der Waals surface area contributed by atoms with Gasteiger partial charge in [-0.1, -0.05) is 11.6 Å². The largest absolute Gasteiger partial charge is 0.355 e. The Balaban J connectivity index is 0.000000137. The van der Waals surface area contributed by atoms with E-state index in [1.54, 1.807) is 23.2 Å². The minimum absolute atomic E-state index is 0.00694. The zero-order chi connectivity index (χ0) is 40.1. The van der Waals surface area contributed by atoms with Crippen LogP contribution in [-0.4, -0.2) is 77.5 Å². The Hall–Kier alpha value is -4.97. The first-order valence-electron chi connectivity index (χ1n) is 18.5. The molecule has 4 fully saturated rings. The third-order valence-electron chi connectivity index (χ3n) is 10.2. The summed E-state index contributed by atoms with van der Waals surface area (Å²) in [6, 6.07) is 8.39. The molecular formula is C38H35ClF8N10. The van der Waals surface area contributed by atoms with E-state index in [-0.39, 0.29) is 56.0 Å². The van der Waals surface area contributed by atoms with E-state index in [9.17, 15) is 35.1 Å². The van der Waals surface area contributed by atoms with Gasteiger partial charge in [-0.05, 0) is 37.8 Å². The molecule has 2 saturated carbocycles. The number of nitrogens with zero attached hydrogens (tertiary/aromatic N) is 9. The van der Waals surface area contributed by atoms with Crippen LogP contribution in [0, 0.1) is 23.3 Å². The molecule has 0 atom stereocenters. The molecule has 2 aliphatic heterocycles. The maximum atomic E-state index is 13.8. The van der Waals surface area contributed by atoms with Gasteiger partial charge in [0.25, 0.3) is 11.8 Å². The van der Waals surface area contributed by atoms with Crippen LogP contribution < -0.4 is 10.2 Å². The minimum atomic E-state index is -2.64. The highest BCUT2D eigenvalue weighted by molar-refractivity contribution is 6.29. The molecule has 2 saturated heterocycles. The van der Waals surface area contributed by atoms with Crippen LogP contribution in [0.15, 0.2) is 48.8 Å². The Morgan fingerprint density at radius 1 is 0.596 bits per heavy atom. The molecule has 4 aromatic heterocycles. The first-order valence-corrected chi connectivity index (χ1v) is 18.9. The summed E-state index contributed by atoms with van der Waals surface area (Å²) in [6.07, 6.45) is 6.49. The van der Waals surface area contributed by atoms with E-state index in [0.717, 1.165) is 37.8 Å². The molecule has 10 nitrogen and oxygen atoms in total. The molecule has 0 amide bonds. The van der Waals surface area contributed by atoms with Crippen LogP contribution in [0.2, 0.25) is 5.15 Å². The number of alkyl halides is 4. The van der Waals surface area contributed by atoms with Crippen molar-refractivity contribution in [3.8, 4) is 22.8 Å². The third-order valence-corrected chi connectivity index (χ3v) is 10.4. The highest BCUT2D eigenvalue weighted by Gasteiger charge is 2.35. The highest BCUT2D eigenvalue weighted by Crippen LogP contribution is 2.43. The van der Waals surface area contributed by atoms with Crippen LogP contribution >= 0.6 is 11.6 Å².